The van der Waals surface area contributed by atoms with E-state index >= 15 is 0 Å². The molecule has 18 heavy (non-hydrogen) atoms. The molecule has 0 saturated heterocycles. The minimum atomic E-state index is -0.374. The van der Waals surface area contributed by atoms with Crippen molar-refractivity contribution in [2.24, 2.45) is 0 Å². The van der Waals surface area contributed by atoms with Gasteiger partial charge in [0.25, 0.3) is 0 Å². The molecule has 0 aromatic heterocycles. The third kappa shape index (κ3) is 2.37. The molecular formula is C14H17NO3. The van der Waals surface area contributed by atoms with Crippen LogP contribution in [0, 0.1) is 0 Å². The lowest BCUT2D eigenvalue weighted by Crippen LogP contribution is -2.35. The highest BCUT2D eigenvalue weighted by atomic mass is 16.5. The summed E-state index contributed by atoms with van der Waals surface area (Å²) in [6.45, 7) is 2.06. The Morgan fingerprint density at radius 1 is 1.50 bits per heavy atom. The number of carbonyl (C=O) groups is 2. The van der Waals surface area contributed by atoms with Crippen LogP contribution in [0.25, 0.3) is 0 Å². The topological polar surface area (TPSA) is 55.4 Å². The summed E-state index contributed by atoms with van der Waals surface area (Å²) in [5.41, 5.74) is 2.30. The van der Waals surface area contributed by atoms with Gasteiger partial charge in [-0.2, -0.15) is 0 Å². The molecule has 1 unspecified atom stereocenters. The minimum Gasteiger partial charge on any atom is -0.465 e. The molecule has 0 radical (unpaired) electrons. The second kappa shape index (κ2) is 5.21. The number of hydrogen-bond donors (Lipinski definition) is 1. The van der Waals surface area contributed by atoms with Crippen molar-refractivity contribution < 1.29 is 14.3 Å². The van der Waals surface area contributed by atoms with E-state index in [2.05, 4.69) is 17.0 Å². The van der Waals surface area contributed by atoms with E-state index in [9.17, 15) is 9.59 Å². The van der Waals surface area contributed by atoms with E-state index in [1.165, 1.54) is 7.11 Å². The second-order valence-corrected chi connectivity index (χ2v) is 4.49. The number of anilines is 1. The first-order valence-corrected chi connectivity index (χ1v) is 6.16. The van der Waals surface area contributed by atoms with Crippen LogP contribution in [0.3, 0.4) is 0 Å². The minimum absolute atomic E-state index is 0.0912. The molecule has 0 saturated carbocycles. The first-order chi connectivity index (χ1) is 8.65. The van der Waals surface area contributed by atoms with Crippen LogP contribution < -0.4 is 5.32 Å². The number of nitrogens with one attached hydrogen (secondary N) is 1. The molecule has 1 heterocycles. The smallest absolute Gasteiger partial charge is 0.337 e. The van der Waals surface area contributed by atoms with Crippen molar-refractivity contribution in [3.05, 3.63) is 29.3 Å². The molecule has 2 rings (SSSR count). The molecule has 1 aromatic rings. The van der Waals surface area contributed by atoms with Gasteiger partial charge in [-0.25, -0.2) is 4.79 Å². The van der Waals surface area contributed by atoms with Crippen molar-refractivity contribution in [3.8, 4) is 0 Å². The monoisotopic (exact) mass is 247 g/mol. The van der Waals surface area contributed by atoms with Gasteiger partial charge in [0.05, 0.1) is 18.7 Å². The average molecular weight is 247 g/mol. The van der Waals surface area contributed by atoms with Crippen molar-refractivity contribution in [2.45, 2.75) is 32.2 Å². The van der Waals surface area contributed by atoms with E-state index in [1.54, 1.807) is 12.1 Å². The number of carbonyl (C=O) groups excluding carboxylic acids is 2. The summed E-state index contributed by atoms with van der Waals surface area (Å²) in [5.74, 6) is -0.188. The molecule has 1 aliphatic heterocycles. The van der Waals surface area contributed by atoms with Gasteiger partial charge in [-0.3, -0.25) is 4.79 Å². The highest BCUT2D eigenvalue weighted by molar-refractivity contribution is 5.95. The average Bonchev–Trinajstić information content (AvgIpc) is 2.38. The SMILES string of the molecule is CCCC1Nc2ccc(C(=O)OC)cc2CC1=O. The predicted octanol–water partition coefficient (Wildman–Crippen LogP) is 2.18. The largest absolute Gasteiger partial charge is 0.465 e. The van der Waals surface area contributed by atoms with Crippen LogP contribution in [0.15, 0.2) is 18.2 Å². The summed E-state index contributed by atoms with van der Waals surface area (Å²) in [7, 11) is 1.35. The van der Waals surface area contributed by atoms with Gasteiger partial charge >= 0.3 is 5.97 Å². The Kier molecular flexibility index (Phi) is 3.65. The normalized spacial score (nSPS) is 17.9. The third-order valence-corrected chi connectivity index (χ3v) is 3.19. The Labute approximate surface area is 106 Å². The zero-order chi connectivity index (χ0) is 13.1. The van der Waals surface area contributed by atoms with Crippen LogP contribution in [0.4, 0.5) is 5.69 Å². The quantitative estimate of drug-likeness (QED) is 0.832. The first kappa shape index (κ1) is 12.6. The molecule has 0 bridgehead atoms. The van der Waals surface area contributed by atoms with Gasteiger partial charge in [-0.1, -0.05) is 13.3 Å². The van der Waals surface area contributed by atoms with Crippen LogP contribution in [0.1, 0.15) is 35.7 Å². The maximum atomic E-state index is 11.9. The fourth-order valence-electron chi connectivity index (χ4n) is 2.23. The van der Waals surface area contributed by atoms with Crippen molar-refractivity contribution >= 4 is 17.4 Å². The molecule has 0 aliphatic carbocycles. The summed E-state index contributed by atoms with van der Waals surface area (Å²) in [6.07, 6.45) is 2.20. The van der Waals surface area contributed by atoms with Crippen molar-refractivity contribution in [1.82, 2.24) is 0 Å². The van der Waals surface area contributed by atoms with Gasteiger partial charge in [0, 0.05) is 12.1 Å². The number of fused-ring (bicyclic) bond motifs is 1. The number of esters is 1. The Hall–Kier alpha value is -1.84. The van der Waals surface area contributed by atoms with Gasteiger partial charge in [0.2, 0.25) is 0 Å². The maximum Gasteiger partial charge on any atom is 0.337 e. The van der Waals surface area contributed by atoms with Gasteiger partial charge < -0.3 is 10.1 Å². The summed E-state index contributed by atoms with van der Waals surface area (Å²) in [4.78, 5) is 23.3. The second-order valence-electron chi connectivity index (χ2n) is 4.49. The molecule has 0 fully saturated rings. The standard InChI is InChI=1S/C14H17NO3/c1-3-4-12-13(16)8-10-7-9(14(17)18-2)5-6-11(10)15-12/h5-7,12,15H,3-4,8H2,1-2H3. The number of rotatable bonds is 3. The molecular weight excluding hydrogens is 230 g/mol. The van der Waals surface area contributed by atoms with Crippen molar-refractivity contribution in [3.63, 3.8) is 0 Å². The fourth-order valence-corrected chi connectivity index (χ4v) is 2.23. The maximum absolute atomic E-state index is 11.9. The molecule has 0 spiro atoms. The number of Topliss-reactive ketones (excluding diaryl/α,β-unsaturated/α-hetero) is 1. The van der Waals surface area contributed by atoms with E-state index in [-0.39, 0.29) is 17.8 Å². The summed E-state index contributed by atoms with van der Waals surface area (Å²) in [6, 6.07) is 5.20. The van der Waals surface area contributed by atoms with E-state index in [0.717, 1.165) is 24.1 Å². The van der Waals surface area contributed by atoms with Crippen LogP contribution in [0.2, 0.25) is 0 Å². The van der Waals surface area contributed by atoms with E-state index < -0.39 is 0 Å². The first-order valence-electron chi connectivity index (χ1n) is 6.16. The summed E-state index contributed by atoms with van der Waals surface area (Å²) in [5, 5.41) is 3.23. The number of ether oxygens (including phenoxy) is 1. The van der Waals surface area contributed by atoms with E-state index in [1.807, 2.05) is 6.07 Å². The van der Waals surface area contributed by atoms with E-state index in [0.29, 0.717) is 12.0 Å². The van der Waals surface area contributed by atoms with Gasteiger partial charge in [0.15, 0.2) is 5.78 Å². The molecule has 4 nitrogen and oxygen atoms in total. The number of benzene rings is 1. The molecule has 0 amide bonds. The van der Waals surface area contributed by atoms with Crippen molar-refractivity contribution in [1.29, 1.82) is 0 Å². The van der Waals surface area contributed by atoms with Crippen molar-refractivity contribution in [2.75, 3.05) is 12.4 Å². The lowest BCUT2D eigenvalue weighted by molar-refractivity contribution is -0.119. The zero-order valence-electron chi connectivity index (χ0n) is 10.7. The number of hydrogen-bond acceptors (Lipinski definition) is 4. The molecule has 4 heteroatoms. The Bertz CT molecular complexity index is 482. The lowest BCUT2D eigenvalue weighted by atomic mass is 9.93. The summed E-state index contributed by atoms with van der Waals surface area (Å²) >= 11 is 0. The summed E-state index contributed by atoms with van der Waals surface area (Å²) < 4.78 is 4.67. The number of ketones is 1. The van der Waals surface area contributed by atoms with Gasteiger partial charge in [-0.05, 0) is 30.2 Å². The Morgan fingerprint density at radius 2 is 2.28 bits per heavy atom. The molecule has 96 valence electrons. The molecule has 1 N–H and O–H groups in total. The highest BCUT2D eigenvalue weighted by Crippen LogP contribution is 2.26. The lowest BCUT2D eigenvalue weighted by Gasteiger charge is -2.25. The predicted molar refractivity (Wildman–Crippen MR) is 68.8 cm³/mol. The van der Waals surface area contributed by atoms with E-state index in [4.69, 9.17) is 0 Å². The third-order valence-electron chi connectivity index (χ3n) is 3.19. The zero-order valence-corrected chi connectivity index (χ0v) is 10.7. The van der Waals surface area contributed by atoms with Crippen LogP contribution in [-0.4, -0.2) is 24.9 Å². The van der Waals surface area contributed by atoms with Crippen LogP contribution >= 0.6 is 0 Å². The van der Waals surface area contributed by atoms with Crippen LogP contribution in [-0.2, 0) is 16.0 Å². The van der Waals surface area contributed by atoms with Gasteiger partial charge in [0.1, 0.15) is 0 Å². The number of methoxy groups -OCH3 is 1. The van der Waals surface area contributed by atoms with Gasteiger partial charge in [-0.15, -0.1) is 0 Å². The Morgan fingerprint density at radius 3 is 2.94 bits per heavy atom. The van der Waals surface area contributed by atoms with Crippen LogP contribution in [0.5, 0.6) is 0 Å². The molecule has 1 aliphatic rings. The molecule has 1 atom stereocenters. The highest BCUT2D eigenvalue weighted by Gasteiger charge is 2.25. The fraction of sp³-hybridized carbons (Fsp3) is 0.429. The molecule has 1 aromatic carbocycles. The Balaban J connectivity index is 2.26.